The zero-order chi connectivity index (χ0) is 16.0. The highest BCUT2D eigenvalue weighted by Gasteiger charge is 2.16. The highest BCUT2D eigenvalue weighted by molar-refractivity contribution is 6.00. The molecule has 7 heteroatoms. The number of amides is 1. The Kier molecular flexibility index (Phi) is 6.10. The van der Waals surface area contributed by atoms with Gasteiger partial charge in [-0.2, -0.15) is 0 Å². The van der Waals surface area contributed by atoms with Crippen molar-refractivity contribution in [1.29, 1.82) is 0 Å². The first-order chi connectivity index (χ1) is 9.86. The summed E-state index contributed by atoms with van der Waals surface area (Å²) in [5.74, 6) is -0.319. The zero-order valence-electron chi connectivity index (χ0n) is 12.8. The molecule has 0 aromatic heterocycles. The van der Waals surface area contributed by atoms with Gasteiger partial charge in [-0.25, -0.2) is 0 Å². The molecule has 0 bridgehead atoms. The van der Waals surface area contributed by atoms with Gasteiger partial charge in [0, 0.05) is 44.0 Å². The molecule has 1 rings (SSSR count). The predicted octanol–water partition coefficient (Wildman–Crippen LogP) is 1.71. The van der Waals surface area contributed by atoms with Crippen molar-refractivity contribution in [2.75, 3.05) is 32.5 Å². The minimum absolute atomic E-state index is 0.0987. The molecule has 0 aliphatic heterocycles. The number of nitrogens with one attached hydrogen (secondary N) is 2. The van der Waals surface area contributed by atoms with Crippen LogP contribution in [0.2, 0.25) is 0 Å². The van der Waals surface area contributed by atoms with E-state index in [1.807, 2.05) is 7.05 Å². The summed E-state index contributed by atoms with van der Waals surface area (Å²) in [6.45, 7) is 5.34. The van der Waals surface area contributed by atoms with Gasteiger partial charge in [-0.3, -0.25) is 14.9 Å². The topological polar surface area (TPSA) is 87.5 Å². The van der Waals surface area contributed by atoms with E-state index in [9.17, 15) is 14.9 Å². The summed E-state index contributed by atoms with van der Waals surface area (Å²) in [5.41, 5.74) is 0.743. The van der Waals surface area contributed by atoms with Crippen molar-refractivity contribution in [3.8, 4) is 0 Å². The molecule has 0 unspecified atom stereocenters. The first-order valence-corrected chi connectivity index (χ1v) is 6.81. The van der Waals surface area contributed by atoms with Crippen molar-refractivity contribution >= 4 is 17.3 Å². The maximum absolute atomic E-state index is 12.2. The maximum Gasteiger partial charge on any atom is 0.270 e. The van der Waals surface area contributed by atoms with E-state index in [4.69, 9.17) is 0 Å². The second kappa shape index (κ2) is 7.58. The lowest BCUT2D eigenvalue weighted by Crippen LogP contribution is -2.36. The third-order valence-electron chi connectivity index (χ3n) is 3.36. The number of carbonyl (C=O) groups is 1. The molecule has 116 valence electrons. The van der Waals surface area contributed by atoms with Gasteiger partial charge in [-0.05, 0) is 27.0 Å². The summed E-state index contributed by atoms with van der Waals surface area (Å²) in [4.78, 5) is 24.6. The molecule has 2 N–H and O–H groups in total. The molecule has 7 nitrogen and oxygen atoms in total. The van der Waals surface area contributed by atoms with Crippen LogP contribution in [0.5, 0.6) is 0 Å². The highest BCUT2D eigenvalue weighted by Crippen LogP contribution is 2.21. The Labute approximate surface area is 124 Å². The Bertz CT molecular complexity index is 517. The second-order valence-corrected chi connectivity index (χ2v) is 5.07. The smallest absolute Gasteiger partial charge is 0.270 e. The normalized spacial score (nSPS) is 10.8. The second-order valence-electron chi connectivity index (χ2n) is 5.07. The minimum Gasteiger partial charge on any atom is -0.387 e. The maximum atomic E-state index is 12.2. The molecule has 0 radical (unpaired) electrons. The number of nitrogens with zero attached hydrogens (tertiary/aromatic N) is 2. The lowest BCUT2D eigenvalue weighted by Gasteiger charge is -2.21. The Morgan fingerprint density at radius 3 is 2.62 bits per heavy atom. The number of hydrogen-bond acceptors (Lipinski definition) is 5. The van der Waals surface area contributed by atoms with Crippen molar-refractivity contribution in [1.82, 2.24) is 10.2 Å². The van der Waals surface area contributed by atoms with Crippen LogP contribution in [0.1, 0.15) is 24.2 Å². The molecule has 0 aliphatic rings. The number of nitro groups is 1. The van der Waals surface area contributed by atoms with Crippen molar-refractivity contribution in [3.63, 3.8) is 0 Å². The largest absolute Gasteiger partial charge is 0.387 e. The first-order valence-electron chi connectivity index (χ1n) is 6.81. The van der Waals surface area contributed by atoms with Crippen LogP contribution in [-0.2, 0) is 0 Å². The molecule has 0 saturated heterocycles. The van der Waals surface area contributed by atoms with Crippen LogP contribution in [0.3, 0.4) is 0 Å². The third-order valence-corrected chi connectivity index (χ3v) is 3.36. The molecule has 0 spiro atoms. The molecule has 0 atom stereocenters. The van der Waals surface area contributed by atoms with Crippen molar-refractivity contribution in [2.24, 2.45) is 0 Å². The Hall–Kier alpha value is -2.15. The summed E-state index contributed by atoms with van der Waals surface area (Å²) >= 11 is 0. The Morgan fingerprint density at radius 1 is 1.43 bits per heavy atom. The van der Waals surface area contributed by atoms with E-state index in [1.54, 1.807) is 7.05 Å². The Morgan fingerprint density at radius 2 is 2.10 bits per heavy atom. The fourth-order valence-corrected chi connectivity index (χ4v) is 1.75. The minimum atomic E-state index is -0.511. The average molecular weight is 294 g/mol. The Balaban J connectivity index is 2.76. The summed E-state index contributed by atoms with van der Waals surface area (Å²) in [5, 5.41) is 16.4. The van der Waals surface area contributed by atoms with Crippen LogP contribution in [0.15, 0.2) is 18.2 Å². The SMILES string of the molecule is CNc1ccc([N+](=O)[O-])cc1C(=O)NCCN(C)C(C)C. The molecular formula is C14H22N4O3. The van der Waals surface area contributed by atoms with Gasteiger partial charge in [-0.15, -0.1) is 0 Å². The molecule has 0 saturated carbocycles. The summed E-state index contributed by atoms with van der Waals surface area (Å²) in [6, 6.07) is 4.59. The van der Waals surface area contributed by atoms with Crippen LogP contribution >= 0.6 is 0 Å². The van der Waals surface area contributed by atoms with E-state index in [-0.39, 0.29) is 17.2 Å². The van der Waals surface area contributed by atoms with Gasteiger partial charge in [-0.1, -0.05) is 0 Å². The number of hydrogen-bond donors (Lipinski definition) is 2. The fourth-order valence-electron chi connectivity index (χ4n) is 1.75. The van der Waals surface area contributed by atoms with Gasteiger partial charge in [0.2, 0.25) is 0 Å². The van der Waals surface area contributed by atoms with E-state index in [1.165, 1.54) is 18.2 Å². The van der Waals surface area contributed by atoms with Crippen molar-refractivity contribution in [3.05, 3.63) is 33.9 Å². The fraction of sp³-hybridized carbons (Fsp3) is 0.500. The van der Waals surface area contributed by atoms with Gasteiger partial charge in [0.05, 0.1) is 10.5 Å². The van der Waals surface area contributed by atoms with E-state index >= 15 is 0 Å². The summed E-state index contributed by atoms with van der Waals surface area (Å²) < 4.78 is 0. The number of anilines is 1. The number of likely N-dealkylation sites (N-methyl/N-ethyl adjacent to an activating group) is 1. The van der Waals surface area contributed by atoms with E-state index < -0.39 is 4.92 Å². The van der Waals surface area contributed by atoms with Crippen LogP contribution in [0, 0.1) is 10.1 Å². The molecule has 0 fully saturated rings. The molecule has 0 aliphatic carbocycles. The van der Waals surface area contributed by atoms with Crippen molar-refractivity contribution < 1.29 is 9.72 Å². The van der Waals surface area contributed by atoms with Crippen LogP contribution in [-0.4, -0.2) is 49.0 Å². The van der Waals surface area contributed by atoms with Gasteiger partial charge in [0.1, 0.15) is 0 Å². The molecule has 1 aromatic carbocycles. The van der Waals surface area contributed by atoms with E-state index in [2.05, 4.69) is 29.4 Å². The lowest BCUT2D eigenvalue weighted by molar-refractivity contribution is -0.384. The van der Waals surface area contributed by atoms with E-state index in [0.717, 1.165) is 0 Å². The van der Waals surface area contributed by atoms with Crippen LogP contribution < -0.4 is 10.6 Å². The molecule has 0 heterocycles. The van der Waals surface area contributed by atoms with E-state index in [0.29, 0.717) is 24.8 Å². The van der Waals surface area contributed by atoms with Crippen LogP contribution in [0.4, 0.5) is 11.4 Å². The van der Waals surface area contributed by atoms with Gasteiger partial charge >= 0.3 is 0 Å². The monoisotopic (exact) mass is 294 g/mol. The lowest BCUT2D eigenvalue weighted by atomic mass is 10.1. The van der Waals surface area contributed by atoms with Crippen LogP contribution in [0.25, 0.3) is 0 Å². The summed E-state index contributed by atoms with van der Waals surface area (Å²) in [6.07, 6.45) is 0. The average Bonchev–Trinajstić information content (AvgIpc) is 2.45. The molecular weight excluding hydrogens is 272 g/mol. The van der Waals surface area contributed by atoms with Crippen molar-refractivity contribution in [2.45, 2.75) is 19.9 Å². The number of nitro benzene ring substituents is 1. The summed E-state index contributed by atoms with van der Waals surface area (Å²) in [7, 11) is 3.65. The number of non-ortho nitro benzene ring substituents is 1. The van der Waals surface area contributed by atoms with Gasteiger partial charge in [0.15, 0.2) is 0 Å². The number of carbonyl (C=O) groups excluding carboxylic acids is 1. The van der Waals surface area contributed by atoms with Gasteiger partial charge < -0.3 is 15.5 Å². The molecule has 1 amide bonds. The quantitative estimate of drug-likeness (QED) is 0.590. The predicted molar refractivity (Wildman–Crippen MR) is 82.7 cm³/mol. The molecule has 21 heavy (non-hydrogen) atoms. The zero-order valence-corrected chi connectivity index (χ0v) is 12.8. The highest BCUT2D eigenvalue weighted by atomic mass is 16.6. The third kappa shape index (κ3) is 4.71. The van der Waals surface area contributed by atoms with Gasteiger partial charge in [0.25, 0.3) is 11.6 Å². The number of benzene rings is 1. The standard InChI is InChI=1S/C14H22N4O3/c1-10(2)17(4)8-7-16-14(19)12-9-11(18(20)21)5-6-13(12)15-3/h5-6,9-10,15H,7-8H2,1-4H3,(H,16,19). The number of rotatable bonds is 7. The first kappa shape index (κ1) is 16.9. The molecule has 1 aromatic rings.